The number of aromatic nitrogens is 1. The van der Waals surface area contributed by atoms with Crippen molar-refractivity contribution in [1.82, 2.24) is 15.2 Å². The van der Waals surface area contributed by atoms with E-state index in [-0.39, 0.29) is 30.7 Å². The summed E-state index contributed by atoms with van der Waals surface area (Å²) in [6.45, 7) is 6.22. The molecule has 7 heteroatoms. The third-order valence-electron chi connectivity index (χ3n) is 4.61. The Morgan fingerprint density at radius 3 is 2.50 bits per heavy atom. The summed E-state index contributed by atoms with van der Waals surface area (Å²) in [7, 11) is 0. The van der Waals surface area contributed by atoms with Gasteiger partial charge in [0.05, 0.1) is 17.1 Å². The van der Waals surface area contributed by atoms with Gasteiger partial charge in [0, 0.05) is 18.5 Å². The fourth-order valence-corrected chi connectivity index (χ4v) is 4.07. The van der Waals surface area contributed by atoms with E-state index in [0.29, 0.717) is 6.42 Å². The number of amides is 1. The molecule has 0 spiro atoms. The molecule has 2 fully saturated rings. The van der Waals surface area contributed by atoms with E-state index in [1.165, 1.54) is 0 Å². The minimum atomic E-state index is 0. The van der Waals surface area contributed by atoms with Gasteiger partial charge in [0.15, 0.2) is 0 Å². The third-order valence-corrected chi connectivity index (χ3v) is 5.65. The fourth-order valence-electron chi connectivity index (χ4n) is 3.33. The molecule has 3 rings (SSSR count). The van der Waals surface area contributed by atoms with Crippen LogP contribution in [0.25, 0.3) is 0 Å². The predicted octanol–water partition coefficient (Wildman–Crippen LogP) is 2.55. The normalized spacial score (nSPS) is 24.0. The van der Waals surface area contributed by atoms with Gasteiger partial charge in [-0.1, -0.05) is 6.92 Å². The summed E-state index contributed by atoms with van der Waals surface area (Å²) in [5.74, 6) is 1.81. The number of hydrogen-bond donors (Lipinski definition) is 1. The average Bonchev–Trinajstić information content (AvgIpc) is 3.04. The SMILES string of the molecule is CCc1nc(CC(=O)N2CC[C@@H]3CNC[C@@H]3CC2)cs1.Cl.Cl. The van der Waals surface area contributed by atoms with E-state index < -0.39 is 0 Å². The lowest BCUT2D eigenvalue weighted by atomic mass is 9.92. The Morgan fingerprint density at radius 2 is 1.95 bits per heavy atom. The second kappa shape index (κ2) is 9.06. The molecule has 22 heavy (non-hydrogen) atoms. The Balaban J connectivity index is 0.00000121. The van der Waals surface area contributed by atoms with E-state index in [2.05, 4.69) is 22.1 Å². The van der Waals surface area contributed by atoms with Gasteiger partial charge in [0.2, 0.25) is 5.91 Å². The molecule has 1 aromatic heterocycles. The van der Waals surface area contributed by atoms with Gasteiger partial charge in [-0.3, -0.25) is 4.79 Å². The molecule has 0 unspecified atom stereocenters. The molecule has 1 N–H and O–H groups in total. The summed E-state index contributed by atoms with van der Waals surface area (Å²) in [5, 5.41) is 6.64. The van der Waals surface area contributed by atoms with Crippen molar-refractivity contribution in [2.75, 3.05) is 26.2 Å². The van der Waals surface area contributed by atoms with Crippen LogP contribution in [0.2, 0.25) is 0 Å². The van der Waals surface area contributed by atoms with Crippen LogP contribution < -0.4 is 5.32 Å². The van der Waals surface area contributed by atoms with E-state index in [0.717, 1.165) is 68.0 Å². The van der Waals surface area contributed by atoms with Crippen molar-refractivity contribution in [2.24, 2.45) is 11.8 Å². The second-order valence-corrected chi connectivity index (χ2v) is 6.84. The van der Waals surface area contributed by atoms with Crippen molar-refractivity contribution in [3.05, 3.63) is 16.1 Å². The van der Waals surface area contributed by atoms with Crippen molar-refractivity contribution in [1.29, 1.82) is 0 Å². The molecule has 2 atom stereocenters. The Morgan fingerprint density at radius 1 is 1.32 bits per heavy atom. The van der Waals surface area contributed by atoms with Crippen LogP contribution in [-0.4, -0.2) is 42.0 Å². The summed E-state index contributed by atoms with van der Waals surface area (Å²) in [6.07, 6.45) is 3.74. The first-order valence-electron chi connectivity index (χ1n) is 7.68. The first-order chi connectivity index (χ1) is 9.76. The molecule has 2 aliphatic rings. The molecular weight excluding hydrogens is 341 g/mol. The van der Waals surface area contributed by atoms with Crippen molar-refractivity contribution < 1.29 is 4.79 Å². The van der Waals surface area contributed by atoms with Gasteiger partial charge >= 0.3 is 0 Å². The summed E-state index contributed by atoms with van der Waals surface area (Å²) < 4.78 is 0. The molecule has 0 aliphatic carbocycles. The number of carbonyl (C=O) groups excluding carboxylic acids is 1. The quantitative estimate of drug-likeness (QED) is 0.894. The van der Waals surface area contributed by atoms with Gasteiger partial charge in [-0.15, -0.1) is 36.2 Å². The first kappa shape index (κ1) is 19.7. The van der Waals surface area contributed by atoms with Crippen LogP contribution in [-0.2, 0) is 17.6 Å². The molecule has 2 saturated heterocycles. The zero-order chi connectivity index (χ0) is 13.9. The minimum Gasteiger partial charge on any atom is -0.342 e. The number of fused-ring (bicyclic) bond motifs is 1. The lowest BCUT2D eigenvalue weighted by Gasteiger charge is -2.20. The molecule has 4 nitrogen and oxygen atoms in total. The summed E-state index contributed by atoms with van der Waals surface area (Å²) >= 11 is 1.67. The standard InChI is InChI=1S/C15H23N3OS.2ClH/c1-2-14-17-13(10-20-14)7-15(19)18-5-3-11-8-16-9-12(11)4-6-18;;/h10-12,16H,2-9H2,1H3;2*1H/t11-,12+;;. The molecule has 3 heterocycles. The number of rotatable bonds is 3. The molecular formula is C15H25Cl2N3OS. The number of nitrogens with zero attached hydrogens (tertiary/aromatic N) is 2. The van der Waals surface area contributed by atoms with Gasteiger partial charge in [0.1, 0.15) is 0 Å². The summed E-state index contributed by atoms with van der Waals surface area (Å²) in [6, 6.07) is 0. The molecule has 1 aromatic rings. The van der Waals surface area contributed by atoms with E-state index in [4.69, 9.17) is 0 Å². The van der Waals surface area contributed by atoms with Crippen molar-refractivity contribution in [3.8, 4) is 0 Å². The van der Waals surface area contributed by atoms with Crippen LogP contribution in [0.1, 0.15) is 30.5 Å². The molecule has 0 saturated carbocycles. The van der Waals surface area contributed by atoms with Crippen molar-refractivity contribution in [2.45, 2.75) is 32.6 Å². The Kier molecular flexibility index (Phi) is 8.11. The minimum absolute atomic E-state index is 0. The van der Waals surface area contributed by atoms with Crippen molar-refractivity contribution >= 4 is 42.1 Å². The molecule has 1 amide bonds. The highest BCUT2D eigenvalue weighted by Crippen LogP contribution is 2.27. The van der Waals surface area contributed by atoms with Crippen LogP contribution in [0, 0.1) is 11.8 Å². The van der Waals surface area contributed by atoms with E-state index in [1.54, 1.807) is 11.3 Å². The predicted molar refractivity (Wildman–Crippen MR) is 95.4 cm³/mol. The van der Waals surface area contributed by atoms with Crippen LogP contribution in [0.5, 0.6) is 0 Å². The molecule has 0 aromatic carbocycles. The maximum absolute atomic E-state index is 12.4. The lowest BCUT2D eigenvalue weighted by Crippen LogP contribution is -2.34. The molecule has 0 radical (unpaired) electrons. The zero-order valence-electron chi connectivity index (χ0n) is 12.9. The highest BCUT2D eigenvalue weighted by Gasteiger charge is 2.31. The number of carbonyl (C=O) groups is 1. The van der Waals surface area contributed by atoms with E-state index in [1.807, 2.05) is 5.38 Å². The van der Waals surface area contributed by atoms with Gasteiger partial charge < -0.3 is 10.2 Å². The number of hydrogen-bond acceptors (Lipinski definition) is 4. The Labute approximate surface area is 148 Å². The van der Waals surface area contributed by atoms with Crippen LogP contribution in [0.15, 0.2) is 5.38 Å². The van der Waals surface area contributed by atoms with Crippen LogP contribution in [0.4, 0.5) is 0 Å². The second-order valence-electron chi connectivity index (χ2n) is 5.90. The van der Waals surface area contributed by atoms with E-state index >= 15 is 0 Å². The Hall–Kier alpha value is -0.360. The van der Waals surface area contributed by atoms with Crippen LogP contribution >= 0.6 is 36.2 Å². The first-order valence-corrected chi connectivity index (χ1v) is 8.56. The lowest BCUT2D eigenvalue weighted by molar-refractivity contribution is -0.130. The maximum Gasteiger partial charge on any atom is 0.228 e. The average molecular weight is 366 g/mol. The number of halogens is 2. The van der Waals surface area contributed by atoms with Gasteiger partial charge in [-0.05, 0) is 44.2 Å². The highest BCUT2D eigenvalue weighted by atomic mass is 35.5. The molecule has 126 valence electrons. The van der Waals surface area contributed by atoms with Gasteiger partial charge in [-0.25, -0.2) is 4.98 Å². The van der Waals surface area contributed by atoms with Crippen molar-refractivity contribution in [3.63, 3.8) is 0 Å². The largest absolute Gasteiger partial charge is 0.342 e. The number of likely N-dealkylation sites (tertiary alicyclic amines) is 1. The summed E-state index contributed by atoms with van der Waals surface area (Å²) in [4.78, 5) is 19.0. The molecule has 2 aliphatic heterocycles. The van der Waals surface area contributed by atoms with Gasteiger partial charge in [0.25, 0.3) is 0 Å². The monoisotopic (exact) mass is 365 g/mol. The number of aryl methyl sites for hydroxylation is 1. The topological polar surface area (TPSA) is 45.2 Å². The summed E-state index contributed by atoms with van der Waals surface area (Å²) in [5.41, 5.74) is 0.947. The zero-order valence-corrected chi connectivity index (χ0v) is 15.4. The Bertz CT molecular complexity index is 469. The van der Waals surface area contributed by atoms with E-state index in [9.17, 15) is 4.79 Å². The third kappa shape index (κ3) is 4.57. The maximum atomic E-state index is 12.4. The van der Waals surface area contributed by atoms with Crippen LogP contribution in [0.3, 0.4) is 0 Å². The highest BCUT2D eigenvalue weighted by molar-refractivity contribution is 7.09. The van der Waals surface area contributed by atoms with Gasteiger partial charge in [-0.2, -0.15) is 0 Å². The fraction of sp³-hybridized carbons (Fsp3) is 0.733. The number of thiazole rings is 1. The molecule has 0 bridgehead atoms. The number of nitrogens with one attached hydrogen (secondary N) is 1. The smallest absolute Gasteiger partial charge is 0.228 e.